The van der Waals surface area contributed by atoms with Crippen molar-refractivity contribution in [3.63, 3.8) is 0 Å². The van der Waals surface area contributed by atoms with Gasteiger partial charge in [0.1, 0.15) is 0 Å². The maximum absolute atomic E-state index is 12.7. The number of likely N-dealkylation sites (tertiary alicyclic amines) is 1. The van der Waals surface area contributed by atoms with Gasteiger partial charge in [-0.1, -0.05) is 60.7 Å². The second-order valence-corrected chi connectivity index (χ2v) is 10.3. The summed E-state index contributed by atoms with van der Waals surface area (Å²) in [5.74, 6) is -0.192. The summed E-state index contributed by atoms with van der Waals surface area (Å²) in [7, 11) is -3.40. The minimum Gasteiger partial charge on any atom is -0.349 e. The molecule has 0 aromatic heterocycles. The number of sulfone groups is 1. The fourth-order valence-electron chi connectivity index (χ4n) is 4.03. The zero-order valence-electron chi connectivity index (χ0n) is 18.0. The van der Waals surface area contributed by atoms with Crippen LogP contribution in [-0.2, 0) is 22.1 Å². The smallest absolute Gasteiger partial charge is 0.251 e. The van der Waals surface area contributed by atoms with E-state index in [1.54, 1.807) is 54.6 Å². The van der Waals surface area contributed by atoms with E-state index in [-0.39, 0.29) is 17.7 Å². The van der Waals surface area contributed by atoms with Crippen LogP contribution in [0.5, 0.6) is 0 Å². The van der Waals surface area contributed by atoms with Gasteiger partial charge in [-0.15, -0.1) is 0 Å². The molecule has 0 atom stereocenters. The maximum Gasteiger partial charge on any atom is 0.251 e. The van der Waals surface area contributed by atoms with Crippen LogP contribution in [0.1, 0.15) is 34.3 Å². The van der Waals surface area contributed by atoms with Crippen LogP contribution in [-0.4, -0.2) is 38.4 Å². The molecule has 6 heteroatoms. The van der Waals surface area contributed by atoms with Crippen LogP contribution in [0.4, 0.5) is 0 Å². The van der Waals surface area contributed by atoms with Gasteiger partial charge in [-0.2, -0.15) is 0 Å². The van der Waals surface area contributed by atoms with Gasteiger partial charge in [-0.25, -0.2) is 8.42 Å². The maximum atomic E-state index is 12.7. The molecule has 1 fully saturated rings. The number of hydrogen-bond donors (Lipinski definition) is 1. The van der Waals surface area contributed by atoms with E-state index in [0.717, 1.165) is 32.5 Å². The molecule has 0 unspecified atom stereocenters. The number of nitrogens with one attached hydrogen (secondary N) is 1. The molecular formula is C26H28N2O3S. The van der Waals surface area contributed by atoms with Crippen molar-refractivity contribution in [1.82, 2.24) is 10.2 Å². The summed E-state index contributed by atoms with van der Waals surface area (Å²) < 4.78 is 25.1. The predicted octanol–water partition coefficient (Wildman–Crippen LogP) is 4.05. The molecule has 0 bridgehead atoms. The molecule has 1 aliphatic heterocycles. The van der Waals surface area contributed by atoms with Crippen LogP contribution in [0.3, 0.4) is 0 Å². The summed E-state index contributed by atoms with van der Waals surface area (Å²) in [5.41, 5.74) is 2.53. The Morgan fingerprint density at radius 1 is 0.812 bits per heavy atom. The Labute approximate surface area is 190 Å². The zero-order chi connectivity index (χ0) is 22.4. The second-order valence-electron chi connectivity index (χ2n) is 8.28. The number of carbonyl (C=O) groups excluding carboxylic acids is 1. The van der Waals surface area contributed by atoms with Crippen molar-refractivity contribution in [2.75, 3.05) is 13.1 Å². The van der Waals surface area contributed by atoms with Gasteiger partial charge < -0.3 is 5.32 Å². The normalized spacial score (nSPS) is 15.4. The first-order valence-corrected chi connectivity index (χ1v) is 12.6. The third-order valence-corrected chi connectivity index (χ3v) is 7.55. The lowest BCUT2D eigenvalue weighted by Gasteiger charge is -2.32. The molecule has 0 spiro atoms. The van der Waals surface area contributed by atoms with Gasteiger partial charge in [0.25, 0.3) is 5.91 Å². The van der Waals surface area contributed by atoms with Gasteiger partial charge in [-0.05, 0) is 48.2 Å². The number of carbonyl (C=O) groups is 1. The Hall–Kier alpha value is -2.96. The van der Waals surface area contributed by atoms with Gasteiger partial charge in [0, 0.05) is 31.2 Å². The van der Waals surface area contributed by atoms with Crippen molar-refractivity contribution >= 4 is 15.7 Å². The third-order valence-electron chi connectivity index (χ3n) is 5.85. The second kappa shape index (κ2) is 10.1. The van der Waals surface area contributed by atoms with Gasteiger partial charge in [0.2, 0.25) is 0 Å². The van der Waals surface area contributed by atoms with Crippen LogP contribution >= 0.6 is 0 Å². The van der Waals surface area contributed by atoms with Crippen LogP contribution in [0, 0.1) is 0 Å². The largest absolute Gasteiger partial charge is 0.349 e. The molecule has 32 heavy (non-hydrogen) atoms. The summed E-state index contributed by atoms with van der Waals surface area (Å²) in [6, 6.07) is 25.9. The lowest BCUT2D eigenvalue weighted by Crippen LogP contribution is -2.44. The Balaban J connectivity index is 1.28. The molecular weight excluding hydrogens is 420 g/mol. The average molecular weight is 449 g/mol. The minimum absolute atomic E-state index is 0.0845. The van der Waals surface area contributed by atoms with E-state index in [0.29, 0.717) is 16.0 Å². The standard InChI is InChI=1S/C26H28N2O3S/c29-26(27-24-15-17-28(18-16-24)19-21-7-3-1-4-8-21)23-13-11-22(12-14-23)20-32(30,31)25-9-5-2-6-10-25/h1-14,24H,15-20H2,(H,27,29). The molecule has 1 amide bonds. The number of hydrogen-bond acceptors (Lipinski definition) is 4. The Morgan fingerprint density at radius 3 is 2.03 bits per heavy atom. The molecule has 5 nitrogen and oxygen atoms in total. The molecule has 1 aliphatic rings. The van der Waals surface area contributed by atoms with Crippen LogP contribution in [0.2, 0.25) is 0 Å². The third kappa shape index (κ3) is 5.84. The first-order valence-electron chi connectivity index (χ1n) is 10.9. The average Bonchev–Trinajstić information content (AvgIpc) is 2.82. The fourth-order valence-corrected chi connectivity index (χ4v) is 5.40. The summed E-state index contributed by atoms with van der Waals surface area (Å²) >= 11 is 0. The molecule has 3 aromatic carbocycles. The minimum atomic E-state index is -3.40. The number of piperidine rings is 1. The molecule has 1 N–H and O–H groups in total. The quantitative estimate of drug-likeness (QED) is 0.592. The van der Waals surface area contributed by atoms with E-state index in [4.69, 9.17) is 0 Å². The lowest BCUT2D eigenvalue weighted by molar-refractivity contribution is 0.0909. The molecule has 1 saturated heterocycles. The fraction of sp³-hybridized carbons (Fsp3) is 0.269. The number of amides is 1. The number of rotatable bonds is 7. The highest BCUT2D eigenvalue weighted by molar-refractivity contribution is 7.90. The monoisotopic (exact) mass is 448 g/mol. The van der Waals surface area contributed by atoms with Gasteiger partial charge in [0.15, 0.2) is 9.84 Å². The highest BCUT2D eigenvalue weighted by atomic mass is 32.2. The van der Waals surface area contributed by atoms with E-state index in [9.17, 15) is 13.2 Å². The summed E-state index contributed by atoms with van der Waals surface area (Å²) in [4.78, 5) is 15.4. The molecule has 0 aliphatic carbocycles. The number of nitrogens with zero attached hydrogens (tertiary/aromatic N) is 1. The predicted molar refractivity (Wildman–Crippen MR) is 126 cm³/mol. The summed E-state index contributed by atoms with van der Waals surface area (Å²) in [6.45, 7) is 2.85. The molecule has 4 rings (SSSR count). The first kappa shape index (κ1) is 22.2. The van der Waals surface area contributed by atoms with Gasteiger partial charge in [0.05, 0.1) is 10.6 Å². The highest BCUT2D eigenvalue weighted by Gasteiger charge is 2.21. The molecule has 3 aromatic rings. The van der Waals surface area contributed by atoms with Crippen molar-refractivity contribution in [1.29, 1.82) is 0 Å². The number of benzene rings is 3. The van der Waals surface area contributed by atoms with Crippen molar-refractivity contribution in [2.24, 2.45) is 0 Å². The Kier molecular flexibility index (Phi) is 7.02. The van der Waals surface area contributed by atoms with Crippen molar-refractivity contribution in [2.45, 2.75) is 36.1 Å². The first-order chi connectivity index (χ1) is 15.5. The van der Waals surface area contributed by atoms with Gasteiger partial charge >= 0.3 is 0 Å². The molecule has 166 valence electrons. The molecule has 1 heterocycles. The SMILES string of the molecule is O=C(NC1CCN(Cc2ccccc2)CC1)c1ccc(CS(=O)(=O)c2ccccc2)cc1. The summed E-state index contributed by atoms with van der Waals surface area (Å²) in [5, 5.41) is 3.13. The van der Waals surface area contributed by atoms with Crippen LogP contribution < -0.4 is 5.32 Å². The highest BCUT2D eigenvalue weighted by Crippen LogP contribution is 2.18. The van der Waals surface area contributed by atoms with Crippen molar-refractivity contribution in [3.05, 3.63) is 102 Å². The van der Waals surface area contributed by atoms with Crippen molar-refractivity contribution in [3.8, 4) is 0 Å². The molecule has 0 saturated carbocycles. The van der Waals surface area contributed by atoms with E-state index in [1.165, 1.54) is 5.56 Å². The van der Waals surface area contributed by atoms with E-state index in [1.807, 2.05) is 6.07 Å². The zero-order valence-corrected chi connectivity index (χ0v) is 18.8. The Morgan fingerprint density at radius 2 is 1.41 bits per heavy atom. The van der Waals surface area contributed by atoms with E-state index < -0.39 is 9.84 Å². The van der Waals surface area contributed by atoms with Gasteiger partial charge in [-0.3, -0.25) is 9.69 Å². The van der Waals surface area contributed by atoms with Crippen molar-refractivity contribution < 1.29 is 13.2 Å². The van der Waals surface area contributed by atoms with E-state index >= 15 is 0 Å². The molecule has 0 radical (unpaired) electrons. The topological polar surface area (TPSA) is 66.5 Å². The van der Waals surface area contributed by atoms with E-state index in [2.05, 4.69) is 34.5 Å². The van der Waals surface area contributed by atoms with Crippen LogP contribution in [0.15, 0.2) is 89.8 Å². The van der Waals surface area contributed by atoms with Crippen LogP contribution in [0.25, 0.3) is 0 Å². The summed E-state index contributed by atoms with van der Waals surface area (Å²) in [6.07, 6.45) is 1.85. The Bertz CT molecular complexity index is 1120. The lowest BCUT2D eigenvalue weighted by atomic mass is 10.0.